The second kappa shape index (κ2) is 6.75. The van der Waals surface area contributed by atoms with Crippen molar-refractivity contribution in [3.63, 3.8) is 0 Å². The van der Waals surface area contributed by atoms with E-state index in [1.807, 2.05) is 42.5 Å². The molecule has 134 valence electrons. The van der Waals surface area contributed by atoms with Crippen molar-refractivity contribution in [1.29, 1.82) is 0 Å². The van der Waals surface area contributed by atoms with Gasteiger partial charge in [-0.05, 0) is 24.3 Å². The molecular weight excluding hydrogens is 346 g/mol. The summed E-state index contributed by atoms with van der Waals surface area (Å²) in [6, 6.07) is 17.9. The summed E-state index contributed by atoms with van der Waals surface area (Å²) in [7, 11) is 0. The lowest BCUT2D eigenvalue weighted by molar-refractivity contribution is -0.118. The van der Waals surface area contributed by atoms with Crippen molar-refractivity contribution in [3.05, 3.63) is 72.4 Å². The third kappa shape index (κ3) is 3.28. The van der Waals surface area contributed by atoms with E-state index < -0.39 is 17.8 Å². The molecule has 2 aromatic carbocycles. The Hall–Kier alpha value is -3.94. The molecule has 1 saturated heterocycles. The Morgan fingerprint density at radius 3 is 2.59 bits per heavy atom. The Balaban J connectivity index is 1.61. The first-order chi connectivity index (χ1) is 13.1. The number of rotatable bonds is 4. The summed E-state index contributed by atoms with van der Waals surface area (Å²) in [6.07, 6.45) is 1.69. The third-order valence-corrected chi connectivity index (χ3v) is 4.09. The van der Waals surface area contributed by atoms with Gasteiger partial charge in [0.2, 0.25) is 5.91 Å². The van der Waals surface area contributed by atoms with Crippen LogP contribution in [-0.2, 0) is 4.79 Å². The van der Waals surface area contributed by atoms with Crippen molar-refractivity contribution in [2.24, 2.45) is 0 Å². The summed E-state index contributed by atoms with van der Waals surface area (Å²) in [6.45, 7) is -0.207. The molecule has 0 unspecified atom stereocenters. The summed E-state index contributed by atoms with van der Waals surface area (Å²) in [4.78, 5) is 35.3. The van der Waals surface area contributed by atoms with Crippen molar-refractivity contribution in [3.8, 4) is 16.9 Å². The van der Waals surface area contributed by atoms with Crippen LogP contribution in [0.4, 0.5) is 4.79 Å². The van der Waals surface area contributed by atoms with Gasteiger partial charge in [-0.25, -0.2) is 14.5 Å². The topological polar surface area (TPSA) is 96.3 Å². The van der Waals surface area contributed by atoms with Crippen molar-refractivity contribution in [2.75, 3.05) is 6.54 Å². The van der Waals surface area contributed by atoms with E-state index in [2.05, 4.69) is 15.8 Å². The molecule has 0 radical (unpaired) electrons. The van der Waals surface area contributed by atoms with Gasteiger partial charge in [-0.15, -0.1) is 0 Å². The Kier molecular flexibility index (Phi) is 4.13. The molecule has 3 aromatic rings. The summed E-state index contributed by atoms with van der Waals surface area (Å²) < 4.78 is 1.73. The van der Waals surface area contributed by atoms with Gasteiger partial charge in [0.1, 0.15) is 6.54 Å². The molecule has 4 rings (SSSR count). The molecule has 1 aliphatic rings. The van der Waals surface area contributed by atoms with Crippen LogP contribution in [0, 0.1) is 0 Å². The Morgan fingerprint density at radius 2 is 1.85 bits per heavy atom. The van der Waals surface area contributed by atoms with Gasteiger partial charge in [-0.3, -0.25) is 20.3 Å². The van der Waals surface area contributed by atoms with Crippen LogP contribution in [0.1, 0.15) is 10.4 Å². The zero-order valence-corrected chi connectivity index (χ0v) is 14.1. The van der Waals surface area contributed by atoms with Crippen LogP contribution in [-0.4, -0.2) is 39.2 Å². The van der Waals surface area contributed by atoms with E-state index >= 15 is 0 Å². The van der Waals surface area contributed by atoms with Gasteiger partial charge in [0.05, 0.1) is 17.6 Å². The molecule has 2 heterocycles. The maximum Gasteiger partial charge on any atom is 0.343 e. The van der Waals surface area contributed by atoms with Crippen LogP contribution < -0.4 is 10.7 Å². The number of carbonyl (C=O) groups excluding carboxylic acids is 3. The standard InChI is InChI=1S/C19H15N5O3/c25-17-12-23(19(27)21-17)22-18(26)14-7-4-8-15(11-14)24-16(9-10-20-24)13-5-2-1-3-6-13/h1-11H,12H2,(H,22,26)(H,21,25,27). The van der Waals surface area contributed by atoms with Crippen LogP contribution in [0.25, 0.3) is 16.9 Å². The number of aromatic nitrogens is 2. The number of benzene rings is 2. The van der Waals surface area contributed by atoms with Gasteiger partial charge in [0.25, 0.3) is 5.91 Å². The maximum absolute atomic E-state index is 12.5. The first-order valence-electron chi connectivity index (χ1n) is 8.24. The molecule has 1 aromatic heterocycles. The zero-order chi connectivity index (χ0) is 18.8. The van der Waals surface area contributed by atoms with Gasteiger partial charge < -0.3 is 0 Å². The van der Waals surface area contributed by atoms with E-state index in [4.69, 9.17) is 0 Å². The van der Waals surface area contributed by atoms with Crippen molar-refractivity contribution in [2.45, 2.75) is 0 Å². The highest BCUT2D eigenvalue weighted by atomic mass is 16.2. The normalized spacial score (nSPS) is 13.6. The van der Waals surface area contributed by atoms with Crippen LogP contribution in [0.5, 0.6) is 0 Å². The maximum atomic E-state index is 12.5. The number of hydrazine groups is 1. The highest BCUT2D eigenvalue weighted by Gasteiger charge is 2.28. The third-order valence-electron chi connectivity index (χ3n) is 4.09. The van der Waals surface area contributed by atoms with Crippen LogP contribution in [0.15, 0.2) is 66.9 Å². The Bertz CT molecular complexity index is 1030. The lowest BCUT2D eigenvalue weighted by Crippen LogP contribution is -2.44. The molecule has 1 fully saturated rings. The van der Waals surface area contributed by atoms with Crippen LogP contribution in [0.3, 0.4) is 0 Å². The summed E-state index contributed by atoms with van der Waals surface area (Å²) in [5.41, 5.74) is 5.35. The molecule has 1 aliphatic heterocycles. The number of amides is 4. The predicted octanol–water partition coefficient (Wildman–Crippen LogP) is 1.74. The number of imide groups is 1. The molecule has 27 heavy (non-hydrogen) atoms. The fourth-order valence-corrected chi connectivity index (χ4v) is 2.83. The van der Waals surface area contributed by atoms with Gasteiger partial charge in [-0.1, -0.05) is 36.4 Å². The van der Waals surface area contributed by atoms with Crippen LogP contribution >= 0.6 is 0 Å². The molecule has 0 saturated carbocycles. The Labute approximate surface area is 154 Å². The van der Waals surface area contributed by atoms with Gasteiger partial charge in [-0.2, -0.15) is 5.10 Å². The van der Waals surface area contributed by atoms with Crippen molar-refractivity contribution >= 4 is 17.8 Å². The highest BCUT2D eigenvalue weighted by molar-refractivity contribution is 6.04. The largest absolute Gasteiger partial charge is 0.343 e. The smallest absolute Gasteiger partial charge is 0.275 e. The quantitative estimate of drug-likeness (QED) is 0.692. The van der Waals surface area contributed by atoms with Gasteiger partial charge >= 0.3 is 6.03 Å². The average Bonchev–Trinajstić information content (AvgIpc) is 3.29. The Morgan fingerprint density at radius 1 is 1.04 bits per heavy atom. The lowest BCUT2D eigenvalue weighted by atomic mass is 10.1. The average molecular weight is 361 g/mol. The van der Waals surface area contributed by atoms with Gasteiger partial charge in [0, 0.05) is 11.1 Å². The molecule has 4 amide bonds. The number of nitrogens with zero attached hydrogens (tertiary/aromatic N) is 3. The van der Waals surface area contributed by atoms with E-state index in [-0.39, 0.29) is 6.54 Å². The lowest BCUT2D eigenvalue weighted by Gasteiger charge is -2.15. The van der Waals surface area contributed by atoms with E-state index in [9.17, 15) is 14.4 Å². The van der Waals surface area contributed by atoms with Gasteiger partial charge in [0.15, 0.2) is 0 Å². The molecule has 2 N–H and O–H groups in total. The van der Waals surface area contributed by atoms with E-state index in [1.54, 1.807) is 29.1 Å². The SMILES string of the molecule is O=C1CN(NC(=O)c2cccc(-n3nccc3-c3ccccc3)c2)C(=O)N1. The molecule has 0 bridgehead atoms. The number of hydrogen-bond acceptors (Lipinski definition) is 4. The minimum absolute atomic E-state index is 0.207. The molecule has 0 spiro atoms. The van der Waals surface area contributed by atoms with Crippen LogP contribution in [0.2, 0.25) is 0 Å². The van der Waals surface area contributed by atoms with Crippen molar-refractivity contribution < 1.29 is 14.4 Å². The first kappa shape index (κ1) is 16.5. The molecule has 0 atom stereocenters. The summed E-state index contributed by atoms with van der Waals surface area (Å²) in [5.74, 6) is -0.951. The first-order valence-corrected chi connectivity index (χ1v) is 8.24. The van der Waals surface area contributed by atoms with E-state index in [0.717, 1.165) is 16.3 Å². The monoisotopic (exact) mass is 361 g/mol. The summed E-state index contributed by atoms with van der Waals surface area (Å²) in [5, 5.41) is 7.40. The minimum atomic E-state index is -0.650. The molecular formula is C19H15N5O3. The zero-order valence-electron chi connectivity index (χ0n) is 14.1. The number of nitrogens with one attached hydrogen (secondary N) is 2. The second-order valence-corrected chi connectivity index (χ2v) is 5.93. The van der Waals surface area contributed by atoms with E-state index in [0.29, 0.717) is 11.3 Å². The fraction of sp³-hybridized carbons (Fsp3) is 0.0526. The summed E-state index contributed by atoms with van der Waals surface area (Å²) >= 11 is 0. The molecule has 8 nitrogen and oxygen atoms in total. The van der Waals surface area contributed by atoms with Crippen molar-refractivity contribution in [1.82, 2.24) is 25.5 Å². The number of urea groups is 1. The molecule has 8 heteroatoms. The highest BCUT2D eigenvalue weighted by Crippen LogP contribution is 2.22. The molecule has 0 aliphatic carbocycles. The fourth-order valence-electron chi connectivity index (χ4n) is 2.83. The number of hydrogen-bond donors (Lipinski definition) is 2. The van der Waals surface area contributed by atoms with E-state index in [1.165, 1.54) is 0 Å². The second-order valence-electron chi connectivity index (χ2n) is 5.93. The number of carbonyl (C=O) groups is 3. The predicted molar refractivity (Wildman–Crippen MR) is 96.7 cm³/mol. The minimum Gasteiger partial charge on any atom is -0.275 e.